The Morgan fingerprint density at radius 2 is 1.95 bits per heavy atom. The average molecular weight is 287 g/mol. The predicted octanol–water partition coefficient (Wildman–Crippen LogP) is 3.09. The molecule has 0 bridgehead atoms. The summed E-state index contributed by atoms with van der Waals surface area (Å²) in [7, 11) is 0. The first kappa shape index (κ1) is 14.3. The molecule has 2 aromatic heterocycles. The highest BCUT2D eigenvalue weighted by molar-refractivity contribution is 5.45. The molecule has 0 aromatic carbocycles. The van der Waals surface area contributed by atoms with Crippen molar-refractivity contribution < 1.29 is 0 Å². The Morgan fingerprint density at radius 1 is 1.19 bits per heavy atom. The van der Waals surface area contributed by atoms with E-state index in [9.17, 15) is 0 Å². The first-order valence-corrected chi connectivity index (χ1v) is 8.07. The molecule has 0 spiro atoms. The lowest BCUT2D eigenvalue weighted by molar-refractivity contribution is 0.350. The molecule has 0 amide bonds. The Morgan fingerprint density at radius 3 is 2.67 bits per heavy atom. The molecule has 1 aliphatic rings. The molecule has 0 radical (unpaired) electrons. The quantitative estimate of drug-likeness (QED) is 0.867. The van der Waals surface area contributed by atoms with Crippen LogP contribution in [0.25, 0.3) is 5.65 Å². The Balaban J connectivity index is 1.64. The van der Waals surface area contributed by atoms with E-state index in [0.717, 1.165) is 42.2 Å². The summed E-state index contributed by atoms with van der Waals surface area (Å²) in [5.74, 6) is 3.61. The van der Waals surface area contributed by atoms with Crippen molar-refractivity contribution in [2.24, 2.45) is 11.8 Å². The Bertz CT molecular complexity index is 596. The highest BCUT2D eigenvalue weighted by atomic mass is 15.4. The molecule has 0 atom stereocenters. The van der Waals surface area contributed by atoms with Crippen molar-refractivity contribution >= 4 is 11.5 Å². The third-order valence-electron chi connectivity index (χ3n) is 4.50. The summed E-state index contributed by atoms with van der Waals surface area (Å²) < 4.78 is 1.83. The zero-order valence-electron chi connectivity index (χ0n) is 13.3. The van der Waals surface area contributed by atoms with Crippen LogP contribution >= 0.6 is 0 Å². The van der Waals surface area contributed by atoms with Crippen molar-refractivity contribution in [2.75, 3.05) is 18.0 Å². The molecule has 1 fully saturated rings. The van der Waals surface area contributed by atoms with Crippen LogP contribution in [0, 0.1) is 18.8 Å². The molecule has 1 saturated heterocycles. The van der Waals surface area contributed by atoms with Crippen molar-refractivity contribution in [3.05, 3.63) is 18.0 Å². The molecule has 0 saturated carbocycles. The third-order valence-corrected chi connectivity index (χ3v) is 4.50. The fourth-order valence-corrected chi connectivity index (χ4v) is 3.07. The maximum absolute atomic E-state index is 4.68. The van der Waals surface area contributed by atoms with Gasteiger partial charge in [-0.15, -0.1) is 15.3 Å². The zero-order valence-corrected chi connectivity index (χ0v) is 13.3. The second-order valence-corrected chi connectivity index (χ2v) is 6.61. The van der Waals surface area contributed by atoms with Crippen LogP contribution in [0.3, 0.4) is 0 Å². The third kappa shape index (κ3) is 3.17. The first-order valence-electron chi connectivity index (χ1n) is 8.07. The molecule has 1 aliphatic heterocycles. The van der Waals surface area contributed by atoms with Gasteiger partial charge in [0.2, 0.25) is 0 Å². The van der Waals surface area contributed by atoms with E-state index in [0.29, 0.717) is 0 Å². The van der Waals surface area contributed by atoms with Crippen LogP contribution in [0.5, 0.6) is 0 Å². The minimum Gasteiger partial charge on any atom is -0.355 e. The van der Waals surface area contributed by atoms with Gasteiger partial charge in [-0.3, -0.25) is 0 Å². The van der Waals surface area contributed by atoms with Crippen LogP contribution in [0.15, 0.2) is 12.1 Å². The summed E-state index contributed by atoms with van der Waals surface area (Å²) in [5.41, 5.74) is 0.822. The van der Waals surface area contributed by atoms with Gasteiger partial charge in [-0.2, -0.15) is 4.52 Å². The van der Waals surface area contributed by atoms with Gasteiger partial charge in [0.05, 0.1) is 0 Å². The summed E-state index contributed by atoms with van der Waals surface area (Å²) in [5, 5.41) is 12.8. The number of hydrogen-bond donors (Lipinski definition) is 0. The van der Waals surface area contributed by atoms with E-state index in [1.807, 2.05) is 17.5 Å². The van der Waals surface area contributed by atoms with Crippen molar-refractivity contribution in [1.29, 1.82) is 0 Å². The lowest BCUT2D eigenvalue weighted by Crippen LogP contribution is -2.34. The molecule has 5 heteroatoms. The zero-order chi connectivity index (χ0) is 14.8. The van der Waals surface area contributed by atoms with Crippen LogP contribution in [0.2, 0.25) is 0 Å². The van der Waals surface area contributed by atoms with Crippen LogP contribution in [0.1, 0.15) is 45.4 Å². The molecule has 21 heavy (non-hydrogen) atoms. The van der Waals surface area contributed by atoms with Crippen molar-refractivity contribution in [3.63, 3.8) is 0 Å². The average Bonchev–Trinajstić information content (AvgIpc) is 2.87. The standard InChI is InChI=1S/C16H25N5/c1-12(2)4-5-14-8-10-20(11-9-14)16-7-6-15-18-17-13(3)21(15)19-16/h6-7,12,14H,4-5,8-11H2,1-3H3. The molecular weight excluding hydrogens is 262 g/mol. The van der Waals surface area contributed by atoms with Crippen LogP contribution in [-0.4, -0.2) is 32.9 Å². The molecular formula is C16H25N5. The minimum atomic E-state index is 0.822. The smallest absolute Gasteiger partial charge is 0.178 e. The number of aryl methyl sites for hydroxylation is 1. The summed E-state index contributed by atoms with van der Waals surface area (Å²) in [6, 6.07) is 4.07. The molecule has 0 unspecified atom stereocenters. The highest BCUT2D eigenvalue weighted by Crippen LogP contribution is 2.26. The second-order valence-electron chi connectivity index (χ2n) is 6.61. The predicted molar refractivity (Wildman–Crippen MR) is 84.5 cm³/mol. The van der Waals surface area contributed by atoms with Crippen LogP contribution < -0.4 is 4.90 Å². The lowest BCUT2D eigenvalue weighted by atomic mass is 9.90. The van der Waals surface area contributed by atoms with Gasteiger partial charge < -0.3 is 4.90 Å². The van der Waals surface area contributed by atoms with Gasteiger partial charge in [0.25, 0.3) is 0 Å². The molecule has 2 aromatic rings. The number of nitrogens with zero attached hydrogens (tertiary/aromatic N) is 5. The molecule has 3 rings (SSSR count). The Hall–Kier alpha value is -1.65. The number of rotatable bonds is 4. The van der Waals surface area contributed by atoms with Gasteiger partial charge in [-0.05, 0) is 43.7 Å². The maximum atomic E-state index is 4.68. The fraction of sp³-hybridized carbons (Fsp3) is 0.688. The number of piperidine rings is 1. The summed E-state index contributed by atoms with van der Waals surface area (Å²) in [4.78, 5) is 2.39. The highest BCUT2D eigenvalue weighted by Gasteiger charge is 2.20. The monoisotopic (exact) mass is 287 g/mol. The SMILES string of the molecule is Cc1nnc2ccc(N3CCC(CCC(C)C)CC3)nn12. The minimum absolute atomic E-state index is 0.822. The number of fused-ring (bicyclic) bond motifs is 1. The Kier molecular flexibility index (Phi) is 4.08. The van der Waals surface area contributed by atoms with E-state index in [2.05, 4.69) is 40.1 Å². The van der Waals surface area contributed by atoms with Crippen LogP contribution in [0.4, 0.5) is 5.82 Å². The topological polar surface area (TPSA) is 46.3 Å². The lowest BCUT2D eigenvalue weighted by Gasteiger charge is -2.33. The number of aromatic nitrogens is 4. The molecule has 114 valence electrons. The van der Waals surface area contributed by atoms with Crippen molar-refractivity contribution in [2.45, 2.75) is 46.5 Å². The van der Waals surface area contributed by atoms with Gasteiger partial charge in [-0.25, -0.2) is 0 Å². The molecule has 0 aliphatic carbocycles. The normalized spacial score (nSPS) is 17.0. The van der Waals surface area contributed by atoms with E-state index < -0.39 is 0 Å². The molecule has 0 N–H and O–H groups in total. The van der Waals surface area contributed by atoms with Crippen molar-refractivity contribution in [3.8, 4) is 0 Å². The summed E-state index contributed by atoms with van der Waals surface area (Å²) >= 11 is 0. The van der Waals surface area contributed by atoms with E-state index in [1.54, 1.807) is 0 Å². The van der Waals surface area contributed by atoms with E-state index in [4.69, 9.17) is 0 Å². The fourth-order valence-electron chi connectivity index (χ4n) is 3.07. The van der Waals surface area contributed by atoms with Gasteiger partial charge in [0.1, 0.15) is 5.82 Å². The van der Waals surface area contributed by atoms with Gasteiger partial charge in [-0.1, -0.05) is 26.7 Å². The van der Waals surface area contributed by atoms with Gasteiger partial charge >= 0.3 is 0 Å². The molecule has 5 nitrogen and oxygen atoms in total. The maximum Gasteiger partial charge on any atom is 0.178 e. The number of hydrogen-bond acceptors (Lipinski definition) is 4. The van der Waals surface area contributed by atoms with E-state index in [-0.39, 0.29) is 0 Å². The summed E-state index contributed by atoms with van der Waals surface area (Å²) in [6.45, 7) is 8.80. The van der Waals surface area contributed by atoms with Gasteiger partial charge in [0, 0.05) is 13.1 Å². The largest absolute Gasteiger partial charge is 0.355 e. The number of anilines is 1. The van der Waals surface area contributed by atoms with E-state index in [1.165, 1.54) is 25.7 Å². The second kappa shape index (κ2) is 6.00. The Labute approximate surface area is 126 Å². The van der Waals surface area contributed by atoms with Crippen molar-refractivity contribution in [1.82, 2.24) is 19.8 Å². The molecule has 3 heterocycles. The summed E-state index contributed by atoms with van der Waals surface area (Å²) in [6.07, 6.45) is 5.30. The van der Waals surface area contributed by atoms with Gasteiger partial charge in [0.15, 0.2) is 11.5 Å². The van der Waals surface area contributed by atoms with Crippen LogP contribution in [-0.2, 0) is 0 Å². The van der Waals surface area contributed by atoms with E-state index >= 15 is 0 Å². The first-order chi connectivity index (χ1) is 10.1.